The lowest BCUT2D eigenvalue weighted by Gasteiger charge is -2.32. The van der Waals surface area contributed by atoms with Crippen LogP contribution in [0.4, 0.5) is 0 Å². The van der Waals surface area contributed by atoms with Crippen molar-refractivity contribution in [1.29, 1.82) is 0 Å². The molecule has 0 spiro atoms. The minimum atomic E-state index is 0.0604. The summed E-state index contributed by atoms with van der Waals surface area (Å²) in [6.07, 6.45) is 29.7. The lowest BCUT2D eigenvalue weighted by Crippen LogP contribution is -2.15. The smallest absolute Gasteiger partial charge is 0.0125 e. The summed E-state index contributed by atoms with van der Waals surface area (Å²) in [6, 6.07) is 150. The zero-order valence-corrected chi connectivity index (χ0v) is 73.1. The molecular weight excluding hydrogens is 1560 g/mol. The van der Waals surface area contributed by atoms with Gasteiger partial charge in [-0.25, -0.2) is 0 Å². The lowest BCUT2D eigenvalue weighted by molar-refractivity contribution is 0.695. The zero-order chi connectivity index (χ0) is 86.7. The fraction of sp³-hybridized carbons (Fsp3) is 0.0615. The predicted octanol–water partition coefficient (Wildman–Crippen LogP) is 35.9. The van der Waals surface area contributed by atoms with Crippen LogP contribution in [0.2, 0.25) is 0 Å². The molecular formula is C130H94. The average molecular weight is 1660 g/mol. The summed E-state index contributed by atoms with van der Waals surface area (Å²) in [7, 11) is 0. The van der Waals surface area contributed by atoms with Crippen molar-refractivity contribution in [2.45, 2.75) is 45.4 Å². The summed E-state index contributed by atoms with van der Waals surface area (Å²) >= 11 is 0. The fourth-order valence-corrected chi connectivity index (χ4v) is 21.1. The van der Waals surface area contributed by atoms with Crippen molar-refractivity contribution in [2.75, 3.05) is 0 Å². The number of fused-ring (bicyclic) bond motifs is 15. The van der Waals surface area contributed by atoms with E-state index in [1.165, 1.54) is 214 Å². The quantitative estimate of drug-likeness (QED) is 0.0751. The van der Waals surface area contributed by atoms with Gasteiger partial charge in [-0.2, -0.15) is 0 Å². The molecule has 3 aliphatic rings. The van der Waals surface area contributed by atoms with Crippen molar-refractivity contribution in [3.8, 4) is 89.0 Å². The molecule has 130 heavy (non-hydrogen) atoms. The van der Waals surface area contributed by atoms with Crippen LogP contribution < -0.4 is 0 Å². The van der Waals surface area contributed by atoms with E-state index in [4.69, 9.17) is 6.58 Å². The molecule has 3 aliphatic carbocycles. The number of hydrogen-bond acceptors (Lipinski definition) is 0. The molecule has 2 atom stereocenters. The van der Waals surface area contributed by atoms with Crippen molar-refractivity contribution < 1.29 is 0 Å². The first-order chi connectivity index (χ1) is 64.2. The van der Waals surface area contributed by atoms with E-state index in [9.17, 15) is 0 Å². The van der Waals surface area contributed by atoms with Crippen LogP contribution in [0.5, 0.6) is 0 Å². The van der Waals surface area contributed by atoms with Crippen molar-refractivity contribution in [2.24, 2.45) is 5.92 Å². The van der Waals surface area contributed by atoms with Crippen LogP contribution in [0.25, 0.3) is 198 Å². The van der Waals surface area contributed by atoms with Gasteiger partial charge in [0.2, 0.25) is 0 Å². The second-order valence-corrected chi connectivity index (χ2v) is 35.5. The molecule has 0 aliphatic heterocycles. The first kappa shape index (κ1) is 78.8. The molecule has 0 fully saturated rings. The molecule has 0 N–H and O–H groups in total. The minimum absolute atomic E-state index is 0.0604. The Morgan fingerprint density at radius 2 is 0.754 bits per heavy atom. The molecule has 20 aromatic carbocycles. The Morgan fingerprint density at radius 1 is 0.346 bits per heavy atom. The maximum absolute atomic E-state index is 4.76. The van der Waals surface area contributed by atoms with Crippen LogP contribution in [-0.4, -0.2) is 0 Å². The topological polar surface area (TPSA) is 0 Å². The maximum atomic E-state index is 4.76. The Kier molecular flexibility index (Phi) is 20.5. The van der Waals surface area contributed by atoms with E-state index in [1.807, 2.05) is 0 Å². The Labute approximate surface area is 761 Å². The number of unbranched alkanes of at least 4 members (excludes halogenated alkanes) is 1. The van der Waals surface area contributed by atoms with Gasteiger partial charge in [-0.15, -0.1) is 0 Å². The molecule has 0 saturated carbocycles. The van der Waals surface area contributed by atoms with Crippen LogP contribution in [0.15, 0.2) is 478 Å². The summed E-state index contributed by atoms with van der Waals surface area (Å²) < 4.78 is 0. The third-order valence-corrected chi connectivity index (χ3v) is 27.7. The van der Waals surface area contributed by atoms with Gasteiger partial charge in [-0.05, 0) is 322 Å². The Morgan fingerprint density at radius 3 is 1.24 bits per heavy atom. The molecule has 0 heterocycles. The first-order valence-corrected chi connectivity index (χ1v) is 46.0. The van der Waals surface area contributed by atoms with Gasteiger partial charge in [-0.3, -0.25) is 0 Å². The maximum Gasteiger partial charge on any atom is 0.0125 e. The highest BCUT2D eigenvalue weighted by Crippen LogP contribution is 2.56. The highest BCUT2D eigenvalue weighted by atomic mass is 14.4. The third-order valence-electron chi connectivity index (χ3n) is 27.7. The molecule has 20 aromatic rings. The summed E-state index contributed by atoms with van der Waals surface area (Å²) in [5.41, 5.74) is 34.6. The predicted molar refractivity (Wildman–Crippen MR) is 560 cm³/mol. The van der Waals surface area contributed by atoms with E-state index < -0.39 is 0 Å². The number of rotatable bonds is 18. The molecule has 0 aromatic heterocycles. The van der Waals surface area contributed by atoms with Gasteiger partial charge >= 0.3 is 0 Å². The first-order valence-electron chi connectivity index (χ1n) is 46.0. The molecule has 0 radical (unpaired) electrons. The summed E-state index contributed by atoms with van der Waals surface area (Å²) in [6.45, 7) is 9.34. The van der Waals surface area contributed by atoms with Gasteiger partial charge < -0.3 is 0 Å². The van der Waals surface area contributed by atoms with E-state index in [0.29, 0.717) is 12.8 Å². The lowest BCUT2D eigenvalue weighted by atomic mass is 9.71. The Bertz CT molecular complexity index is 8250. The number of hydrogen-bond donors (Lipinski definition) is 0. The molecule has 0 amide bonds. The van der Waals surface area contributed by atoms with Crippen molar-refractivity contribution in [3.63, 3.8) is 0 Å². The monoisotopic (exact) mass is 1650 g/mol. The van der Waals surface area contributed by atoms with Crippen molar-refractivity contribution in [3.05, 3.63) is 517 Å². The highest BCUT2D eigenvalue weighted by Gasteiger charge is 2.34. The van der Waals surface area contributed by atoms with Crippen LogP contribution >= 0.6 is 0 Å². The van der Waals surface area contributed by atoms with E-state index in [2.05, 4.69) is 475 Å². The Balaban J connectivity index is 0.897. The highest BCUT2D eigenvalue weighted by molar-refractivity contribution is 6.18. The molecule has 0 nitrogen and oxygen atoms in total. The molecule has 0 saturated heterocycles. The molecule has 0 bridgehead atoms. The largest absolute Gasteiger partial charge is 0.0984 e. The zero-order valence-electron chi connectivity index (χ0n) is 73.1. The molecule has 0 heteroatoms. The third kappa shape index (κ3) is 14.7. The normalized spacial score (nSPS) is 14.8. The van der Waals surface area contributed by atoms with Crippen molar-refractivity contribution >= 4 is 109 Å². The van der Waals surface area contributed by atoms with Gasteiger partial charge in [0, 0.05) is 11.8 Å². The molecule has 614 valence electrons. The summed E-state index contributed by atoms with van der Waals surface area (Å²) in [4.78, 5) is 0. The van der Waals surface area contributed by atoms with E-state index in [1.54, 1.807) is 0 Å². The number of allylic oxidation sites excluding steroid dienone is 16. The summed E-state index contributed by atoms with van der Waals surface area (Å²) in [5.74, 6) is 0.178. The van der Waals surface area contributed by atoms with Gasteiger partial charge in [0.15, 0.2) is 0 Å². The van der Waals surface area contributed by atoms with Crippen LogP contribution in [0, 0.1) is 5.92 Å². The van der Waals surface area contributed by atoms with E-state index >= 15 is 0 Å². The van der Waals surface area contributed by atoms with Crippen molar-refractivity contribution in [1.82, 2.24) is 0 Å². The van der Waals surface area contributed by atoms with E-state index in [-0.39, 0.29) is 11.8 Å². The second kappa shape index (κ2) is 33.8. The van der Waals surface area contributed by atoms with Gasteiger partial charge in [0.1, 0.15) is 0 Å². The molecule has 2 unspecified atom stereocenters. The number of benzene rings is 20. The molecule has 23 rings (SSSR count). The van der Waals surface area contributed by atoms with Crippen LogP contribution in [-0.2, 0) is 6.42 Å². The van der Waals surface area contributed by atoms with Crippen LogP contribution in [0.3, 0.4) is 0 Å². The van der Waals surface area contributed by atoms with Gasteiger partial charge in [0.25, 0.3) is 0 Å². The SMILES string of the molecule is C=CC1=C(C=C(C)c2ccccc2)C=CCC1=CC(=CCCC)c1c(Cc2ccc3ccc4cc(-c5ccccc5)ccc4c3c2)c(-c2ccc3ccc4cc(-c5ccccc5)ccc4c3c2)c(-c2ccc3ccc4cc(-c5ccccc5)ccc4c3c2)c(-c2ccc3c(c2)C2C=CC(c4ccccc4)=CC2C=C3)c1-c1ccc2ccc3cc(-c4ccccc4)ccc3c2c1. The minimum Gasteiger partial charge on any atom is -0.0984 e. The van der Waals surface area contributed by atoms with Gasteiger partial charge in [-0.1, -0.05) is 433 Å². The van der Waals surface area contributed by atoms with E-state index in [0.717, 1.165) is 46.2 Å². The summed E-state index contributed by atoms with van der Waals surface area (Å²) in [5, 5.41) is 19.2. The van der Waals surface area contributed by atoms with Crippen LogP contribution in [0.1, 0.15) is 78.0 Å². The van der Waals surface area contributed by atoms with Gasteiger partial charge in [0.05, 0.1) is 0 Å². The standard InChI is InChI=1S/C130H94/c1-4-6-26-109(79-103-40-25-39-102(114(103)5-2)71-84(3)86-27-13-7-14-28-86)126-125(73-85-41-42-92-43-52-104-74-97(87-29-15-8-16-30-87)61-66-115(104)120(92)72-85)127(110-57-48-93-44-53-105-75-98(88-31-17-9-18-32-88)62-67-116(105)121(93)80-110)129(112-59-50-95-46-55-107-77-100(90-35-21-11-22-36-90)64-69-118(107)123(95)82-112)130(113-60-51-96-47-56-108-78-101(91-37-23-12-24-38-91)65-70-119(108)124(96)83-113)128(126)111-58-49-94-45-54-106-76-99(89-33-19-10-20-34-89)63-68-117(106)122(94)81-111/h5,7-39,41-72,74-83,108,119H,2,4,6,40,73H2,1,3H3. The average Bonchev–Trinajstić information content (AvgIpc) is 0.706. The second-order valence-electron chi connectivity index (χ2n) is 35.5. The fourth-order valence-electron chi connectivity index (χ4n) is 21.1. The Hall–Kier alpha value is -15.9.